The smallest absolute Gasteiger partial charge is 0.255 e. The van der Waals surface area contributed by atoms with E-state index in [4.69, 9.17) is 4.74 Å². The van der Waals surface area contributed by atoms with Crippen LogP contribution in [-0.2, 0) is 9.53 Å². The Labute approximate surface area is 163 Å². The number of rotatable bonds is 2. The van der Waals surface area contributed by atoms with Crippen molar-refractivity contribution in [1.29, 1.82) is 0 Å². The van der Waals surface area contributed by atoms with Crippen LogP contribution in [0.5, 0.6) is 0 Å². The van der Waals surface area contributed by atoms with E-state index in [1.165, 1.54) is 25.7 Å². The Morgan fingerprint density at radius 2 is 2.00 bits per heavy atom. The van der Waals surface area contributed by atoms with Crippen molar-refractivity contribution in [2.75, 3.05) is 26.2 Å². The van der Waals surface area contributed by atoms with Gasteiger partial charge in [0.25, 0.3) is 5.91 Å². The van der Waals surface area contributed by atoms with Gasteiger partial charge in [0.15, 0.2) is 5.65 Å². The molecule has 8 nitrogen and oxygen atoms in total. The van der Waals surface area contributed by atoms with Crippen LogP contribution in [0.3, 0.4) is 0 Å². The average molecular weight is 383 g/mol. The molecule has 2 aromatic heterocycles. The predicted molar refractivity (Wildman–Crippen MR) is 102 cm³/mol. The summed E-state index contributed by atoms with van der Waals surface area (Å²) in [6.45, 7) is 1.87. The zero-order chi connectivity index (χ0) is 19.1. The summed E-state index contributed by atoms with van der Waals surface area (Å²) < 4.78 is 7.95. The highest BCUT2D eigenvalue weighted by Gasteiger charge is 2.40. The van der Waals surface area contributed by atoms with E-state index in [0.717, 1.165) is 24.0 Å². The predicted octanol–water partition coefficient (Wildman–Crippen LogP) is 1.67. The van der Waals surface area contributed by atoms with E-state index in [9.17, 15) is 9.59 Å². The fourth-order valence-electron chi connectivity index (χ4n) is 4.69. The molecular formula is C20H25N5O3. The van der Waals surface area contributed by atoms with Gasteiger partial charge in [-0.15, -0.1) is 0 Å². The highest BCUT2D eigenvalue weighted by Crippen LogP contribution is 2.32. The van der Waals surface area contributed by atoms with Gasteiger partial charge in [0.05, 0.1) is 17.5 Å². The number of morpholine rings is 1. The number of amides is 2. The molecule has 0 radical (unpaired) electrons. The van der Waals surface area contributed by atoms with Gasteiger partial charge in [-0.2, -0.15) is 0 Å². The number of piperidine rings is 1. The average Bonchev–Trinajstić information content (AvgIpc) is 3.39. The highest BCUT2D eigenvalue weighted by atomic mass is 16.5. The third-order valence-corrected chi connectivity index (χ3v) is 6.46. The summed E-state index contributed by atoms with van der Waals surface area (Å²) in [7, 11) is 0. The van der Waals surface area contributed by atoms with Gasteiger partial charge in [0.1, 0.15) is 12.1 Å². The Balaban J connectivity index is 1.29. The maximum absolute atomic E-state index is 13.0. The van der Waals surface area contributed by atoms with Crippen molar-refractivity contribution in [2.45, 2.75) is 50.2 Å². The van der Waals surface area contributed by atoms with Crippen molar-refractivity contribution in [2.24, 2.45) is 0 Å². The number of carbonyl (C=O) groups excluding carboxylic acids is 2. The van der Waals surface area contributed by atoms with Crippen LogP contribution in [0.1, 0.15) is 54.9 Å². The quantitative estimate of drug-likeness (QED) is 0.852. The summed E-state index contributed by atoms with van der Waals surface area (Å²) >= 11 is 0. The SMILES string of the molecule is O=C1COC2(CCN(C(=O)c3cnc4c(c3)ncn4C3CCCC3)CC2)CN1. The van der Waals surface area contributed by atoms with Crippen LogP contribution >= 0.6 is 0 Å². The Morgan fingerprint density at radius 1 is 1.21 bits per heavy atom. The molecule has 28 heavy (non-hydrogen) atoms. The van der Waals surface area contributed by atoms with E-state index in [2.05, 4.69) is 19.9 Å². The maximum Gasteiger partial charge on any atom is 0.255 e. The summed E-state index contributed by atoms with van der Waals surface area (Å²) in [6.07, 6.45) is 9.85. The maximum atomic E-state index is 13.0. The lowest BCUT2D eigenvalue weighted by molar-refractivity contribution is -0.149. The number of ether oxygens (including phenoxy) is 1. The molecular weight excluding hydrogens is 358 g/mol. The van der Waals surface area contributed by atoms with Crippen molar-refractivity contribution >= 4 is 23.0 Å². The van der Waals surface area contributed by atoms with Gasteiger partial charge in [-0.25, -0.2) is 9.97 Å². The van der Waals surface area contributed by atoms with Gasteiger partial charge in [-0.05, 0) is 31.7 Å². The normalized spacial score (nSPS) is 22.7. The fraction of sp³-hybridized carbons (Fsp3) is 0.600. The van der Waals surface area contributed by atoms with E-state index >= 15 is 0 Å². The van der Waals surface area contributed by atoms with Crippen molar-refractivity contribution in [3.8, 4) is 0 Å². The van der Waals surface area contributed by atoms with Crippen LogP contribution in [0.2, 0.25) is 0 Å². The van der Waals surface area contributed by atoms with Gasteiger partial charge in [0.2, 0.25) is 5.91 Å². The number of fused-ring (bicyclic) bond motifs is 1. The van der Waals surface area contributed by atoms with Crippen LogP contribution in [0.4, 0.5) is 0 Å². The number of aromatic nitrogens is 3. The minimum Gasteiger partial charge on any atom is -0.363 e. The molecule has 2 saturated heterocycles. The lowest BCUT2D eigenvalue weighted by atomic mass is 9.89. The molecule has 148 valence electrons. The molecule has 0 atom stereocenters. The van der Waals surface area contributed by atoms with Crippen LogP contribution in [-0.4, -0.2) is 63.1 Å². The number of nitrogens with one attached hydrogen (secondary N) is 1. The molecule has 1 aliphatic carbocycles. The van der Waals surface area contributed by atoms with Gasteiger partial charge in [0, 0.05) is 31.9 Å². The third kappa shape index (κ3) is 3.05. The first-order valence-electron chi connectivity index (χ1n) is 10.2. The van der Waals surface area contributed by atoms with Gasteiger partial charge >= 0.3 is 0 Å². The summed E-state index contributed by atoms with van der Waals surface area (Å²) in [5.74, 6) is -0.0833. The molecule has 2 aliphatic heterocycles. The number of nitrogens with zero attached hydrogens (tertiary/aromatic N) is 4. The van der Waals surface area contributed by atoms with Crippen molar-refractivity contribution in [1.82, 2.24) is 24.8 Å². The first kappa shape index (κ1) is 17.6. The molecule has 1 saturated carbocycles. The summed E-state index contributed by atoms with van der Waals surface area (Å²) in [4.78, 5) is 35.2. The molecule has 4 heterocycles. The molecule has 0 bridgehead atoms. The molecule has 5 rings (SSSR count). The number of likely N-dealkylation sites (tertiary alicyclic amines) is 1. The zero-order valence-electron chi connectivity index (χ0n) is 15.9. The monoisotopic (exact) mass is 383 g/mol. The Bertz CT molecular complexity index is 898. The second kappa shape index (κ2) is 6.84. The second-order valence-corrected chi connectivity index (χ2v) is 8.20. The number of imidazole rings is 1. The van der Waals surface area contributed by atoms with E-state index in [1.54, 1.807) is 6.20 Å². The molecule has 3 aliphatic rings. The molecule has 3 fully saturated rings. The molecule has 2 amide bonds. The largest absolute Gasteiger partial charge is 0.363 e. The van der Waals surface area contributed by atoms with Crippen molar-refractivity contribution < 1.29 is 14.3 Å². The fourth-order valence-corrected chi connectivity index (χ4v) is 4.69. The standard InChI is InChI=1S/C20H25N5O3/c26-17-11-28-20(12-22-17)5-7-24(8-6-20)19(27)14-9-16-18(21-10-14)25(13-23-16)15-3-1-2-4-15/h9-10,13,15H,1-8,11-12H2,(H,22,26). The number of hydrogen-bond acceptors (Lipinski definition) is 5. The van der Waals surface area contributed by atoms with E-state index in [1.807, 2.05) is 17.3 Å². The summed E-state index contributed by atoms with van der Waals surface area (Å²) in [5, 5.41) is 2.88. The second-order valence-electron chi connectivity index (χ2n) is 8.20. The van der Waals surface area contributed by atoms with Gasteiger partial charge in [-0.1, -0.05) is 12.8 Å². The van der Waals surface area contributed by atoms with Gasteiger partial charge in [-0.3, -0.25) is 9.59 Å². The minimum absolute atomic E-state index is 0.0143. The van der Waals surface area contributed by atoms with Crippen molar-refractivity contribution in [3.05, 3.63) is 24.2 Å². The van der Waals surface area contributed by atoms with Crippen molar-refractivity contribution in [3.63, 3.8) is 0 Å². The molecule has 8 heteroatoms. The Morgan fingerprint density at radius 3 is 2.71 bits per heavy atom. The molecule has 1 N–H and O–H groups in total. The summed E-state index contributed by atoms with van der Waals surface area (Å²) in [5.41, 5.74) is 1.90. The number of carbonyl (C=O) groups is 2. The lowest BCUT2D eigenvalue weighted by Gasteiger charge is -2.43. The first-order valence-corrected chi connectivity index (χ1v) is 10.2. The van der Waals surface area contributed by atoms with E-state index < -0.39 is 0 Å². The van der Waals surface area contributed by atoms with E-state index in [0.29, 0.717) is 31.2 Å². The summed E-state index contributed by atoms with van der Waals surface area (Å²) in [6, 6.07) is 2.34. The zero-order valence-corrected chi connectivity index (χ0v) is 15.9. The van der Waals surface area contributed by atoms with Gasteiger partial charge < -0.3 is 19.5 Å². The number of pyridine rings is 1. The van der Waals surface area contributed by atoms with Crippen LogP contribution in [0, 0.1) is 0 Å². The third-order valence-electron chi connectivity index (χ3n) is 6.46. The molecule has 2 aromatic rings. The van der Waals surface area contributed by atoms with Crippen LogP contribution in [0.25, 0.3) is 11.2 Å². The molecule has 1 spiro atoms. The Hall–Kier alpha value is -2.48. The first-order chi connectivity index (χ1) is 13.6. The number of hydrogen-bond donors (Lipinski definition) is 1. The highest BCUT2D eigenvalue weighted by molar-refractivity contribution is 5.96. The van der Waals surface area contributed by atoms with Crippen LogP contribution < -0.4 is 5.32 Å². The topological polar surface area (TPSA) is 89.3 Å². The Kier molecular flexibility index (Phi) is 4.30. The lowest BCUT2D eigenvalue weighted by Crippen LogP contribution is -2.58. The molecule has 0 unspecified atom stereocenters. The minimum atomic E-state index is -0.326. The van der Waals surface area contributed by atoms with E-state index in [-0.39, 0.29) is 24.0 Å². The van der Waals surface area contributed by atoms with Crippen LogP contribution in [0.15, 0.2) is 18.6 Å². The molecule has 0 aromatic carbocycles.